The molecule has 204 valence electrons. The maximum Gasteiger partial charge on any atom is 0.343 e. The average molecular weight is 549 g/mol. The summed E-state index contributed by atoms with van der Waals surface area (Å²) < 4.78 is 35.7. The molecule has 7 nitrogen and oxygen atoms in total. The second kappa shape index (κ2) is 12.1. The van der Waals surface area contributed by atoms with Gasteiger partial charge in [-0.05, 0) is 65.7 Å². The largest absolute Gasteiger partial charge is 0.490 e. The van der Waals surface area contributed by atoms with Gasteiger partial charge in [0.1, 0.15) is 53.7 Å². The average Bonchev–Trinajstić information content (AvgIpc) is 2.99. The van der Waals surface area contributed by atoms with Crippen LogP contribution in [-0.2, 0) is 6.61 Å². The van der Waals surface area contributed by atoms with E-state index in [2.05, 4.69) is 12.6 Å². The molecule has 0 saturated heterocycles. The monoisotopic (exact) mass is 548 g/mol. The van der Waals surface area contributed by atoms with Gasteiger partial charge in [-0.15, -0.1) is 0 Å². The Morgan fingerprint density at radius 3 is 2.29 bits per heavy atom. The number of nitriles is 1. The number of rotatable bonds is 9. The van der Waals surface area contributed by atoms with E-state index in [4.69, 9.17) is 24.7 Å². The fourth-order valence-electron chi connectivity index (χ4n) is 4.35. The first-order valence-corrected chi connectivity index (χ1v) is 12.7. The quantitative estimate of drug-likeness (QED) is 0.146. The summed E-state index contributed by atoms with van der Waals surface area (Å²) in [6.45, 7) is 4.25. The molecule has 2 N–H and O–H groups in total. The van der Waals surface area contributed by atoms with E-state index in [1.54, 1.807) is 72.8 Å². The molecule has 5 rings (SSSR count). The Kier molecular flexibility index (Phi) is 7.98. The van der Waals surface area contributed by atoms with Gasteiger partial charge in [-0.1, -0.05) is 43.0 Å². The molecule has 1 atom stereocenters. The van der Waals surface area contributed by atoms with Gasteiger partial charge in [0.05, 0.1) is 11.5 Å². The summed E-state index contributed by atoms with van der Waals surface area (Å²) in [4.78, 5) is 12.7. The van der Waals surface area contributed by atoms with E-state index in [-0.39, 0.29) is 29.6 Å². The molecule has 1 aliphatic rings. The molecule has 4 aromatic carbocycles. The number of nitrogens with two attached hydrogens (primary N) is 1. The molecule has 0 aromatic heterocycles. The summed E-state index contributed by atoms with van der Waals surface area (Å²) in [5.41, 5.74) is 9.07. The summed E-state index contributed by atoms with van der Waals surface area (Å²) in [6, 6.07) is 27.1. The van der Waals surface area contributed by atoms with Crippen LogP contribution in [0, 0.1) is 17.1 Å². The predicted molar refractivity (Wildman–Crippen MR) is 150 cm³/mol. The summed E-state index contributed by atoms with van der Waals surface area (Å²) in [6.07, 6.45) is 1.63. The highest BCUT2D eigenvalue weighted by Gasteiger charge is 2.31. The maximum absolute atomic E-state index is 13.1. The lowest BCUT2D eigenvalue weighted by molar-refractivity contribution is 0.0734. The van der Waals surface area contributed by atoms with E-state index < -0.39 is 11.9 Å². The molecule has 4 aromatic rings. The van der Waals surface area contributed by atoms with Crippen LogP contribution in [0.15, 0.2) is 115 Å². The zero-order valence-electron chi connectivity index (χ0n) is 21.9. The van der Waals surface area contributed by atoms with Gasteiger partial charge in [0, 0.05) is 11.6 Å². The number of carbonyl (C=O) groups is 1. The zero-order valence-corrected chi connectivity index (χ0v) is 21.9. The second-order valence-electron chi connectivity index (χ2n) is 9.12. The van der Waals surface area contributed by atoms with Crippen LogP contribution < -0.4 is 24.7 Å². The number of esters is 1. The Morgan fingerprint density at radius 2 is 1.61 bits per heavy atom. The second-order valence-corrected chi connectivity index (χ2v) is 9.12. The minimum atomic E-state index is -0.551. The molecule has 1 aliphatic heterocycles. The molecule has 0 aliphatic carbocycles. The van der Waals surface area contributed by atoms with Crippen molar-refractivity contribution >= 4 is 5.97 Å². The zero-order chi connectivity index (χ0) is 28.8. The van der Waals surface area contributed by atoms with Crippen LogP contribution in [-0.4, -0.2) is 12.6 Å². The summed E-state index contributed by atoms with van der Waals surface area (Å²) in [5, 5.41) is 9.87. The van der Waals surface area contributed by atoms with Gasteiger partial charge in [0.25, 0.3) is 0 Å². The van der Waals surface area contributed by atoms with E-state index >= 15 is 0 Å². The molecule has 0 radical (unpaired) electrons. The lowest BCUT2D eigenvalue weighted by Gasteiger charge is -2.26. The molecule has 0 bridgehead atoms. The van der Waals surface area contributed by atoms with Crippen molar-refractivity contribution in [1.29, 1.82) is 5.26 Å². The van der Waals surface area contributed by atoms with Gasteiger partial charge in [0.15, 0.2) is 0 Å². The summed E-state index contributed by atoms with van der Waals surface area (Å²) in [5.74, 6) is 0.481. The number of hydrogen-bond acceptors (Lipinski definition) is 7. The first-order valence-electron chi connectivity index (χ1n) is 12.7. The van der Waals surface area contributed by atoms with Crippen LogP contribution >= 0.6 is 0 Å². The third-order valence-corrected chi connectivity index (χ3v) is 6.39. The van der Waals surface area contributed by atoms with Crippen LogP contribution in [0.25, 0.3) is 0 Å². The first kappa shape index (κ1) is 27.0. The molecule has 0 fully saturated rings. The molecule has 41 heavy (non-hydrogen) atoms. The van der Waals surface area contributed by atoms with Gasteiger partial charge in [-0.2, -0.15) is 5.26 Å². The number of hydrogen-bond donors (Lipinski definition) is 1. The van der Waals surface area contributed by atoms with Crippen LogP contribution in [0.4, 0.5) is 4.39 Å². The van der Waals surface area contributed by atoms with Crippen LogP contribution in [0.2, 0.25) is 0 Å². The van der Waals surface area contributed by atoms with Gasteiger partial charge in [0.2, 0.25) is 5.88 Å². The van der Waals surface area contributed by atoms with Gasteiger partial charge in [-0.3, -0.25) is 0 Å². The third-order valence-electron chi connectivity index (χ3n) is 6.39. The van der Waals surface area contributed by atoms with Crippen LogP contribution in [0.5, 0.6) is 23.0 Å². The highest BCUT2D eigenvalue weighted by atomic mass is 19.1. The number of nitrogens with zero attached hydrogens (tertiary/aromatic N) is 1. The lowest BCUT2D eigenvalue weighted by Crippen LogP contribution is -2.21. The van der Waals surface area contributed by atoms with E-state index in [0.717, 1.165) is 11.1 Å². The first-order chi connectivity index (χ1) is 19.9. The smallest absolute Gasteiger partial charge is 0.343 e. The number of allylic oxidation sites excluding steroid dienone is 1. The van der Waals surface area contributed by atoms with Gasteiger partial charge in [-0.25, -0.2) is 9.18 Å². The van der Waals surface area contributed by atoms with Crippen molar-refractivity contribution in [2.24, 2.45) is 5.73 Å². The van der Waals surface area contributed by atoms with E-state index in [1.807, 2.05) is 12.1 Å². The Bertz CT molecular complexity index is 1640. The Morgan fingerprint density at radius 1 is 0.951 bits per heavy atom. The Hall–Kier alpha value is -5.55. The minimum absolute atomic E-state index is 0.0276. The van der Waals surface area contributed by atoms with Gasteiger partial charge < -0.3 is 24.7 Å². The molecule has 0 spiro atoms. The van der Waals surface area contributed by atoms with Crippen molar-refractivity contribution in [2.75, 3.05) is 6.61 Å². The highest BCUT2D eigenvalue weighted by Crippen LogP contribution is 2.43. The Labute approximate surface area is 236 Å². The fourth-order valence-corrected chi connectivity index (χ4v) is 4.35. The summed E-state index contributed by atoms with van der Waals surface area (Å²) >= 11 is 0. The predicted octanol–water partition coefficient (Wildman–Crippen LogP) is 6.41. The van der Waals surface area contributed by atoms with Crippen LogP contribution in [0.1, 0.15) is 33.0 Å². The molecule has 0 saturated carbocycles. The highest BCUT2D eigenvalue weighted by molar-refractivity contribution is 5.91. The number of carbonyl (C=O) groups excluding carboxylic acids is 1. The topological polar surface area (TPSA) is 104 Å². The molecule has 0 amide bonds. The lowest BCUT2D eigenvalue weighted by atomic mass is 9.83. The minimum Gasteiger partial charge on any atom is -0.490 e. The fraction of sp³-hybridized carbons (Fsp3) is 0.0909. The van der Waals surface area contributed by atoms with Crippen molar-refractivity contribution in [3.8, 4) is 29.1 Å². The number of benzene rings is 4. The molecular weight excluding hydrogens is 523 g/mol. The number of halogens is 1. The van der Waals surface area contributed by atoms with E-state index in [9.17, 15) is 14.4 Å². The van der Waals surface area contributed by atoms with E-state index in [0.29, 0.717) is 35.0 Å². The van der Waals surface area contributed by atoms with Crippen molar-refractivity contribution < 1.29 is 28.1 Å². The SMILES string of the molecule is C=CCOc1ccc(C(=O)Oc2ccc3c(c2)OC(N)=C(C#N)C3c2ccc(OCc3ccc(F)cc3)cc2)cc1. The normalized spacial score (nSPS) is 13.8. The standard InChI is InChI=1S/C33H25FN2O5/c1-2-17-38-25-13-7-23(8-14-25)33(37)40-27-15-16-28-30(18-27)41-32(36)29(19-35)31(28)22-5-11-26(12-6-22)39-20-21-3-9-24(34)10-4-21/h2-16,18,31H,1,17,20,36H2. The van der Waals surface area contributed by atoms with Crippen molar-refractivity contribution in [3.63, 3.8) is 0 Å². The van der Waals surface area contributed by atoms with Crippen molar-refractivity contribution in [1.82, 2.24) is 0 Å². The van der Waals surface area contributed by atoms with E-state index in [1.165, 1.54) is 12.1 Å². The third kappa shape index (κ3) is 6.21. The van der Waals surface area contributed by atoms with Crippen molar-refractivity contribution in [2.45, 2.75) is 12.5 Å². The number of fused-ring (bicyclic) bond motifs is 1. The summed E-state index contributed by atoms with van der Waals surface area (Å²) in [7, 11) is 0. The molecule has 1 unspecified atom stereocenters. The van der Waals surface area contributed by atoms with Gasteiger partial charge >= 0.3 is 5.97 Å². The maximum atomic E-state index is 13.1. The Balaban J connectivity index is 1.33. The number of ether oxygens (including phenoxy) is 4. The molecular formula is C33H25FN2O5. The molecule has 8 heteroatoms. The van der Waals surface area contributed by atoms with Crippen LogP contribution in [0.3, 0.4) is 0 Å². The molecule has 1 heterocycles. The van der Waals surface area contributed by atoms with Crippen molar-refractivity contribution in [3.05, 3.63) is 143 Å².